The highest BCUT2D eigenvalue weighted by Crippen LogP contribution is 2.43. The summed E-state index contributed by atoms with van der Waals surface area (Å²) < 4.78 is 8.06. The van der Waals surface area contributed by atoms with Gasteiger partial charge in [0, 0.05) is 47.5 Å². The maximum atomic E-state index is 12.9. The van der Waals surface area contributed by atoms with Crippen molar-refractivity contribution in [2.24, 2.45) is 13.0 Å². The molecular weight excluding hydrogens is 474 g/mol. The van der Waals surface area contributed by atoms with E-state index >= 15 is 0 Å². The molecule has 0 aliphatic heterocycles. The molecule has 0 spiro atoms. The van der Waals surface area contributed by atoms with Gasteiger partial charge in [-0.3, -0.25) is 9.78 Å². The van der Waals surface area contributed by atoms with Gasteiger partial charge in [0.2, 0.25) is 0 Å². The van der Waals surface area contributed by atoms with Crippen LogP contribution >= 0.6 is 0 Å². The first kappa shape index (κ1) is 25.1. The second-order valence-corrected chi connectivity index (χ2v) is 9.94. The van der Waals surface area contributed by atoms with E-state index in [1.807, 2.05) is 55.6 Å². The summed E-state index contributed by atoms with van der Waals surface area (Å²) in [6.45, 7) is 7.20. The molecule has 5 aromatic rings. The van der Waals surface area contributed by atoms with E-state index in [9.17, 15) is 4.79 Å². The van der Waals surface area contributed by atoms with Crippen molar-refractivity contribution in [3.8, 4) is 5.75 Å². The Morgan fingerprint density at radius 2 is 1.84 bits per heavy atom. The van der Waals surface area contributed by atoms with Gasteiger partial charge in [-0.2, -0.15) is 5.10 Å². The molecule has 3 heterocycles. The van der Waals surface area contributed by atoms with Crippen LogP contribution in [0, 0.1) is 5.92 Å². The molecule has 0 saturated heterocycles. The summed E-state index contributed by atoms with van der Waals surface area (Å²) in [7, 11) is 2.02. The number of benzene rings is 2. The number of ether oxygens (including phenoxy) is 1. The van der Waals surface area contributed by atoms with Gasteiger partial charge in [0.15, 0.2) is 5.82 Å². The number of fused-ring (bicyclic) bond motifs is 1. The number of hydrogen-bond donors (Lipinski definition) is 1. The number of pyridine rings is 1. The number of anilines is 1. The molecule has 1 amide bonds. The minimum absolute atomic E-state index is 0.219. The molecule has 38 heavy (non-hydrogen) atoms. The predicted molar refractivity (Wildman–Crippen MR) is 149 cm³/mol. The Hall–Kier alpha value is -4.52. The third-order valence-electron chi connectivity index (χ3n) is 7.35. The van der Waals surface area contributed by atoms with Gasteiger partial charge in [-0.15, -0.1) is 5.10 Å². The summed E-state index contributed by atoms with van der Waals surface area (Å²) >= 11 is 0. The molecule has 3 aromatic heterocycles. The molecule has 7 heteroatoms. The number of carbonyl (C=O) groups is 1. The van der Waals surface area contributed by atoms with Crippen LogP contribution in [0.2, 0.25) is 0 Å². The van der Waals surface area contributed by atoms with Crippen LogP contribution in [0.25, 0.3) is 10.9 Å². The Morgan fingerprint density at radius 3 is 2.53 bits per heavy atom. The van der Waals surface area contributed by atoms with Gasteiger partial charge in [0.05, 0.1) is 5.69 Å². The first-order chi connectivity index (χ1) is 18.4. The molecule has 1 unspecified atom stereocenters. The maximum absolute atomic E-state index is 12.9. The lowest BCUT2D eigenvalue weighted by Gasteiger charge is -2.35. The fourth-order valence-electron chi connectivity index (χ4n) is 4.83. The van der Waals surface area contributed by atoms with E-state index in [0.29, 0.717) is 23.9 Å². The van der Waals surface area contributed by atoms with Gasteiger partial charge in [0.1, 0.15) is 12.4 Å². The molecule has 0 aliphatic rings. The molecule has 0 radical (unpaired) electrons. The molecule has 7 nitrogen and oxygen atoms in total. The Balaban J connectivity index is 1.44. The SMILES string of the molecule is CC(C)C(C)(c1ccc(OCc2ccccn2)cc1)c1cn(C)c2cc(C(=O)Nc3cccnn3)ccc12. The van der Waals surface area contributed by atoms with Crippen LogP contribution in [0.15, 0.2) is 91.4 Å². The predicted octanol–water partition coefficient (Wildman–Crippen LogP) is 6.16. The van der Waals surface area contributed by atoms with Gasteiger partial charge < -0.3 is 14.6 Å². The van der Waals surface area contributed by atoms with Crippen molar-refractivity contribution < 1.29 is 9.53 Å². The van der Waals surface area contributed by atoms with Gasteiger partial charge in [-0.1, -0.05) is 45.0 Å². The largest absolute Gasteiger partial charge is 0.487 e. The monoisotopic (exact) mass is 505 g/mol. The molecule has 2 aromatic carbocycles. The van der Waals surface area contributed by atoms with Crippen molar-refractivity contribution in [2.75, 3.05) is 5.32 Å². The standard InChI is InChI=1S/C31H31N5O2/c1-21(2)31(3,23-11-13-25(14-12-23)38-20-24-8-5-6-16-32-24)27-19-36(4)28-18-22(10-15-26(27)28)30(37)34-29-9-7-17-33-35-29/h5-19,21H,20H2,1-4H3,(H,34,35,37). The maximum Gasteiger partial charge on any atom is 0.256 e. The first-order valence-electron chi connectivity index (χ1n) is 12.7. The van der Waals surface area contributed by atoms with E-state index in [4.69, 9.17) is 4.74 Å². The number of hydrogen-bond acceptors (Lipinski definition) is 5. The summed E-state index contributed by atoms with van der Waals surface area (Å²) in [5.74, 6) is 1.32. The second-order valence-electron chi connectivity index (χ2n) is 9.94. The van der Waals surface area contributed by atoms with Crippen LogP contribution in [0.4, 0.5) is 5.82 Å². The zero-order valence-corrected chi connectivity index (χ0v) is 22.1. The summed E-state index contributed by atoms with van der Waals surface area (Å²) in [5, 5.41) is 11.7. The van der Waals surface area contributed by atoms with Crippen LogP contribution in [-0.2, 0) is 19.1 Å². The van der Waals surface area contributed by atoms with Gasteiger partial charge in [-0.05, 0) is 65.6 Å². The first-order valence-corrected chi connectivity index (χ1v) is 12.7. The van der Waals surface area contributed by atoms with Crippen molar-refractivity contribution in [2.45, 2.75) is 32.8 Å². The topological polar surface area (TPSA) is 81.9 Å². The van der Waals surface area contributed by atoms with Crippen molar-refractivity contribution in [3.63, 3.8) is 0 Å². The van der Waals surface area contributed by atoms with Crippen LogP contribution in [0.1, 0.15) is 48.0 Å². The summed E-state index contributed by atoms with van der Waals surface area (Å²) in [4.78, 5) is 17.2. The fraction of sp³-hybridized carbons (Fsp3) is 0.226. The van der Waals surface area contributed by atoms with Crippen molar-refractivity contribution in [1.82, 2.24) is 19.7 Å². The number of aryl methyl sites for hydroxylation is 1. The number of amides is 1. The van der Waals surface area contributed by atoms with E-state index in [1.165, 1.54) is 11.1 Å². The Labute approximate surface area is 222 Å². The molecular formula is C31H31N5O2. The van der Waals surface area contributed by atoms with E-state index in [0.717, 1.165) is 22.3 Å². The normalized spacial score (nSPS) is 12.9. The molecule has 192 valence electrons. The van der Waals surface area contributed by atoms with Crippen molar-refractivity contribution in [1.29, 1.82) is 0 Å². The summed E-state index contributed by atoms with van der Waals surface area (Å²) in [6, 6.07) is 23.5. The quantitative estimate of drug-likeness (QED) is 0.273. The van der Waals surface area contributed by atoms with E-state index < -0.39 is 0 Å². The van der Waals surface area contributed by atoms with Crippen molar-refractivity contribution >= 4 is 22.6 Å². The van der Waals surface area contributed by atoms with E-state index in [-0.39, 0.29) is 11.3 Å². The lowest BCUT2D eigenvalue weighted by Crippen LogP contribution is -2.30. The smallest absolute Gasteiger partial charge is 0.256 e. The second kappa shape index (κ2) is 10.5. The molecule has 1 N–H and O–H groups in total. The third kappa shape index (κ3) is 4.87. The van der Waals surface area contributed by atoms with Gasteiger partial charge in [0.25, 0.3) is 5.91 Å². The molecule has 0 saturated carbocycles. The van der Waals surface area contributed by atoms with Crippen LogP contribution in [0.5, 0.6) is 5.75 Å². The Kier molecular flexibility index (Phi) is 6.92. The van der Waals surface area contributed by atoms with Crippen LogP contribution in [0.3, 0.4) is 0 Å². The highest BCUT2D eigenvalue weighted by molar-refractivity contribution is 6.06. The zero-order chi connectivity index (χ0) is 26.7. The molecule has 5 rings (SSSR count). The van der Waals surface area contributed by atoms with Crippen LogP contribution < -0.4 is 10.1 Å². The van der Waals surface area contributed by atoms with E-state index in [2.05, 4.69) is 64.2 Å². The lowest BCUT2D eigenvalue weighted by molar-refractivity contribution is 0.102. The van der Waals surface area contributed by atoms with Gasteiger partial charge in [-0.25, -0.2) is 0 Å². The molecule has 1 atom stereocenters. The Morgan fingerprint density at radius 1 is 1.03 bits per heavy atom. The van der Waals surface area contributed by atoms with Crippen molar-refractivity contribution in [3.05, 3.63) is 114 Å². The lowest BCUT2D eigenvalue weighted by atomic mass is 9.68. The van der Waals surface area contributed by atoms with E-state index in [1.54, 1.807) is 24.5 Å². The van der Waals surface area contributed by atoms with Gasteiger partial charge >= 0.3 is 0 Å². The summed E-state index contributed by atoms with van der Waals surface area (Å²) in [6.07, 6.45) is 5.52. The molecule has 0 aliphatic carbocycles. The average molecular weight is 506 g/mol. The highest BCUT2D eigenvalue weighted by atomic mass is 16.5. The zero-order valence-electron chi connectivity index (χ0n) is 22.1. The highest BCUT2D eigenvalue weighted by Gasteiger charge is 2.35. The number of nitrogens with zero attached hydrogens (tertiary/aromatic N) is 4. The van der Waals surface area contributed by atoms with Crippen LogP contribution in [-0.4, -0.2) is 25.7 Å². The number of aromatic nitrogens is 4. The number of rotatable bonds is 8. The average Bonchev–Trinajstić information content (AvgIpc) is 3.28. The molecule has 0 fully saturated rings. The third-order valence-corrected chi connectivity index (χ3v) is 7.35. The molecule has 0 bridgehead atoms. The number of carbonyl (C=O) groups excluding carboxylic acids is 1. The minimum Gasteiger partial charge on any atom is -0.487 e. The number of nitrogens with one attached hydrogen (secondary N) is 1. The summed E-state index contributed by atoms with van der Waals surface area (Å²) in [5.41, 5.74) is 4.61. The fourth-order valence-corrected chi connectivity index (χ4v) is 4.83. The minimum atomic E-state index is -0.261. The Bertz CT molecular complexity index is 1550.